The number of hydrogen-bond acceptors (Lipinski definition) is 2. The fourth-order valence-electron chi connectivity index (χ4n) is 2.04. The van der Waals surface area contributed by atoms with Gasteiger partial charge in [0.15, 0.2) is 0 Å². The van der Waals surface area contributed by atoms with Crippen molar-refractivity contribution in [3.05, 3.63) is 34.9 Å². The SMILES string of the molecule is Cc1ccc(F)c(C2(O)CCOCC2)c1F. The molecule has 0 radical (unpaired) electrons. The summed E-state index contributed by atoms with van der Waals surface area (Å²) in [5.74, 6) is -1.34. The lowest BCUT2D eigenvalue weighted by Gasteiger charge is -2.33. The Hall–Kier alpha value is -1.00. The van der Waals surface area contributed by atoms with Gasteiger partial charge in [-0.3, -0.25) is 0 Å². The number of ether oxygens (including phenoxy) is 1. The molecule has 4 heteroatoms. The second kappa shape index (κ2) is 4.11. The first kappa shape index (κ1) is 11.5. The number of hydrogen-bond donors (Lipinski definition) is 1. The molecule has 1 aromatic carbocycles. The van der Waals surface area contributed by atoms with E-state index in [2.05, 4.69) is 0 Å². The Bertz CT molecular complexity index is 398. The van der Waals surface area contributed by atoms with Crippen LogP contribution < -0.4 is 0 Å². The van der Waals surface area contributed by atoms with Crippen LogP contribution in [0.15, 0.2) is 12.1 Å². The van der Waals surface area contributed by atoms with Gasteiger partial charge in [0.1, 0.15) is 11.6 Å². The van der Waals surface area contributed by atoms with Gasteiger partial charge in [0.05, 0.1) is 11.2 Å². The lowest BCUT2D eigenvalue weighted by atomic mass is 9.85. The van der Waals surface area contributed by atoms with E-state index in [9.17, 15) is 13.9 Å². The highest BCUT2D eigenvalue weighted by atomic mass is 19.1. The van der Waals surface area contributed by atoms with Gasteiger partial charge in [-0.25, -0.2) is 8.78 Å². The van der Waals surface area contributed by atoms with Crippen LogP contribution in [0.3, 0.4) is 0 Å². The average molecular weight is 228 g/mol. The third kappa shape index (κ3) is 1.83. The zero-order chi connectivity index (χ0) is 11.8. The molecule has 2 rings (SSSR count). The molecule has 2 nitrogen and oxygen atoms in total. The lowest BCUT2D eigenvalue weighted by molar-refractivity contribution is -0.0718. The highest BCUT2D eigenvalue weighted by molar-refractivity contribution is 5.31. The zero-order valence-corrected chi connectivity index (χ0v) is 9.09. The minimum absolute atomic E-state index is 0.212. The number of halogens is 2. The molecule has 1 fully saturated rings. The number of aliphatic hydroxyl groups is 1. The molecule has 1 aromatic rings. The first-order chi connectivity index (χ1) is 7.54. The molecule has 0 atom stereocenters. The van der Waals surface area contributed by atoms with E-state index >= 15 is 0 Å². The monoisotopic (exact) mass is 228 g/mol. The van der Waals surface area contributed by atoms with Crippen LogP contribution in [0, 0.1) is 18.6 Å². The van der Waals surface area contributed by atoms with Gasteiger partial charge in [-0.2, -0.15) is 0 Å². The molecule has 0 bridgehead atoms. The van der Waals surface area contributed by atoms with Crippen LogP contribution in [0.25, 0.3) is 0 Å². The van der Waals surface area contributed by atoms with Gasteiger partial charge in [0.25, 0.3) is 0 Å². The molecule has 0 spiro atoms. The summed E-state index contributed by atoms with van der Waals surface area (Å²) in [5.41, 5.74) is -1.30. The standard InChI is InChI=1S/C12H14F2O2/c1-8-2-3-9(13)10(11(8)14)12(15)4-6-16-7-5-12/h2-3,15H,4-7H2,1H3. The van der Waals surface area contributed by atoms with Gasteiger partial charge < -0.3 is 9.84 Å². The van der Waals surface area contributed by atoms with Crippen LogP contribution >= 0.6 is 0 Å². The zero-order valence-electron chi connectivity index (χ0n) is 9.09. The van der Waals surface area contributed by atoms with Gasteiger partial charge >= 0.3 is 0 Å². The summed E-state index contributed by atoms with van der Waals surface area (Å²) >= 11 is 0. The van der Waals surface area contributed by atoms with E-state index in [-0.39, 0.29) is 18.4 Å². The summed E-state index contributed by atoms with van der Waals surface area (Å²) < 4.78 is 32.6. The van der Waals surface area contributed by atoms with Crippen molar-refractivity contribution in [2.45, 2.75) is 25.4 Å². The predicted octanol–water partition coefficient (Wildman–Crippen LogP) is 2.27. The quantitative estimate of drug-likeness (QED) is 0.799. The molecule has 1 aliphatic heterocycles. The molecule has 1 saturated heterocycles. The molecule has 0 aromatic heterocycles. The highest BCUT2D eigenvalue weighted by Gasteiger charge is 2.37. The number of rotatable bonds is 1. The normalized spacial score (nSPS) is 19.8. The van der Waals surface area contributed by atoms with Crippen molar-refractivity contribution in [1.82, 2.24) is 0 Å². The van der Waals surface area contributed by atoms with E-state index in [1.54, 1.807) is 6.92 Å². The summed E-state index contributed by atoms with van der Waals surface area (Å²) in [6.07, 6.45) is 0.453. The predicted molar refractivity (Wildman–Crippen MR) is 55.0 cm³/mol. The largest absolute Gasteiger partial charge is 0.385 e. The molecular formula is C12H14F2O2. The van der Waals surface area contributed by atoms with Crippen molar-refractivity contribution in [2.75, 3.05) is 13.2 Å². The Morgan fingerprint density at radius 3 is 2.50 bits per heavy atom. The van der Waals surface area contributed by atoms with E-state index in [4.69, 9.17) is 4.74 Å². The first-order valence-corrected chi connectivity index (χ1v) is 5.30. The molecule has 0 amide bonds. The lowest BCUT2D eigenvalue weighted by Crippen LogP contribution is -2.35. The molecule has 0 aliphatic carbocycles. The fraction of sp³-hybridized carbons (Fsp3) is 0.500. The smallest absolute Gasteiger partial charge is 0.135 e. The van der Waals surface area contributed by atoms with Crippen LogP contribution in [0.2, 0.25) is 0 Å². The van der Waals surface area contributed by atoms with Crippen LogP contribution in [-0.4, -0.2) is 18.3 Å². The minimum Gasteiger partial charge on any atom is -0.385 e. The van der Waals surface area contributed by atoms with E-state index in [0.717, 1.165) is 0 Å². The van der Waals surface area contributed by atoms with Crippen molar-refractivity contribution in [2.24, 2.45) is 0 Å². The summed E-state index contributed by atoms with van der Waals surface area (Å²) in [6.45, 7) is 2.20. The summed E-state index contributed by atoms with van der Waals surface area (Å²) in [4.78, 5) is 0. The molecule has 88 valence electrons. The number of benzene rings is 1. The summed E-state index contributed by atoms with van der Waals surface area (Å²) in [6, 6.07) is 2.57. The van der Waals surface area contributed by atoms with Gasteiger partial charge in [-0.05, 0) is 18.6 Å². The first-order valence-electron chi connectivity index (χ1n) is 5.30. The van der Waals surface area contributed by atoms with Gasteiger partial charge in [0.2, 0.25) is 0 Å². The van der Waals surface area contributed by atoms with E-state index < -0.39 is 17.2 Å². The summed E-state index contributed by atoms with van der Waals surface area (Å²) in [7, 11) is 0. The van der Waals surface area contributed by atoms with Crippen LogP contribution in [0.1, 0.15) is 24.0 Å². The maximum Gasteiger partial charge on any atom is 0.135 e. The van der Waals surface area contributed by atoms with Crippen molar-refractivity contribution >= 4 is 0 Å². The molecule has 0 unspecified atom stereocenters. The van der Waals surface area contributed by atoms with E-state index in [0.29, 0.717) is 18.8 Å². The van der Waals surface area contributed by atoms with Crippen LogP contribution in [0.4, 0.5) is 8.78 Å². The molecule has 1 aliphatic rings. The maximum absolute atomic E-state index is 13.9. The van der Waals surface area contributed by atoms with Gasteiger partial charge in [0, 0.05) is 26.1 Å². The third-order valence-electron chi connectivity index (χ3n) is 3.07. The Morgan fingerprint density at radius 1 is 1.25 bits per heavy atom. The fourth-order valence-corrected chi connectivity index (χ4v) is 2.04. The second-order valence-electron chi connectivity index (χ2n) is 4.20. The average Bonchev–Trinajstić information content (AvgIpc) is 2.25. The van der Waals surface area contributed by atoms with Gasteiger partial charge in [-0.15, -0.1) is 0 Å². The molecule has 1 heterocycles. The maximum atomic E-state index is 13.9. The third-order valence-corrected chi connectivity index (χ3v) is 3.07. The van der Waals surface area contributed by atoms with Crippen molar-refractivity contribution in [3.8, 4) is 0 Å². The Balaban J connectivity index is 2.49. The highest BCUT2D eigenvalue weighted by Crippen LogP contribution is 2.36. The van der Waals surface area contributed by atoms with Crippen LogP contribution in [-0.2, 0) is 10.3 Å². The van der Waals surface area contributed by atoms with Crippen LogP contribution in [0.5, 0.6) is 0 Å². The molecule has 0 saturated carbocycles. The van der Waals surface area contributed by atoms with E-state index in [1.807, 2.05) is 0 Å². The number of aryl methyl sites for hydroxylation is 1. The molecule has 16 heavy (non-hydrogen) atoms. The Kier molecular flexibility index (Phi) is 2.95. The minimum atomic E-state index is -1.43. The topological polar surface area (TPSA) is 29.5 Å². The van der Waals surface area contributed by atoms with Crippen molar-refractivity contribution < 1.29 is 18.6 Å². The van der Waals surface area contributed by atoms with E-state index in [1.165, 1.54) is 12.1 Å². The summed E-state index contributed by atoms with van der Waals surface area (Å²) in [5, 5.41) is 10.3. The van der Waals surface area contributed by atoms with Gasteiger partial charge in [-0.1, -0.05) is 6.07 Å². The second-order valence-corrected chi connectivity index (χ2v) is 4.20. The molecule has 1 N–H and O–H groups in total. The van der Waals surface area contributed by atoms with Crippen molar-refractivity contribution in [3.63, 3.8) is 0 Å². The molecular weight excluding hydrogens is 214 g/mol. The Labute approximate surface area is 92.9 Å². The Morgan fingerprint density at radius 2 is 1.88 bits per heavy atom. The van der Waals surface area contributed by atoms with Crippen molar-refractivity contribution in [1.29, 1.82) is 0 Å².